The van der Waals surface area contributed by atoms with E-state index in [1.54, 1.807) is 0 Å². The highest BCUT2D eigenvalue weighted by atomic mass is 15.0. The van der Waals surface area contributed by atoms with Crippen molar-refractivity contribution in [3.05, 3.63) is 216 Å². The van der Waals surface area contributed by atoms with E-state index in [1.807, 2.05) is 72.8 Å². The number of benzene rings is 7. The molecule has 7 aromatic carbocycles. The lowest BCUT2D eigenvalue weighted by Crippen LogP contribution is -2.28. The molecule has 0 saturated heterocycles. The maximum absolute atomic E-state index is 8.10. The number of hydrogen-bond acceptors (Lipinski definition) is 3. The molecule has 0 saturated carbocycles. The van der Waals surface area contributed by atoms with Crippen LogP contribution in [0, 0.1) is 6.57 Å². The van der Waals surface area contributed by atoms with E-state index >= 15 is 0 Å². The summed E-state index contributed by atoms with van der Waals surface area (Å²) in [5.74, 6) is 1.90. The summed E-state index contributed by atoms with van der Waals surface area (Å²) in [6, 6.07) is 62.8. The van der Waals surface area contributed by atoms with E-state index in [1.165, 1.54) is 16.7 Å². The minimum absolute atomic E-state index is 0.587. The van der Waals surface area contributed by atoms with Crippen LogP contribution in [0.1, 0.15) is 22.3 Å². The van der Waals surface area contributed by atoms with Gasteiger partial charge in [-0.3, -0.25) is 0 Å². The Hall–Kier alpha value is -6.96. The average molecular weight is 651 g/mol. The molecular weight excluding hydrogens is 621 g/mol. The first kappa shape index (κ1) is 30.1. The fourth-order valence-electron chi connectivity index (χ4n) is 7.54. The van der Waals surface area contributed by atoms with Crippen molar-refractivity contribution >= 4 is 5.69 Å². The number of nitrogens with zero attached hydrogens (tertiary/aromatic N) is 4. The lowest BCUT2D eigenvalue weighted by molar-refractivity contribution is 0.769. The topological polar surface area (TPSA) is 43.0 Å². The zero-order valence-corrected chi connectivity index (χ0v) is 27.6. The lowest BCUT2D eigenvalue weighted by atomic mass is 9.67. The second-order valence-electron chi connectivity index (χ2n) is 12.7. The molecule has 1 aromatic heterocycles. The molecule has 1 aliphatic rings. The highest BCUT2D eigenvalue weighted by molar-refractivity contribution is 5.94. The van der Waals surface area contributed by atoms with Crippen LogP contribution in [-0.2, 0) is 5.41 Å². The molecule has 0 unspecified atom stereocenters. The number of fused-ring (bicyclic) bond motifs is 3. The summed E-state index contributed by atoms with van der Waals surface area (Å²) in [4.78, 5) is 18.7. The third-order valence-electron chi connectivity index (χ3n) is 9.85. The lowest BCUT2D eigenvalue weighted by Gasteiger charge is -2.34. The van der Waals surface area contributed by atoms with Crippen LogP contribution in [0.15, 0.2) is 182 Å². The van der Waals surface area contributed by atoms with Gasteiger partial charge in [0.2, 0.25) is 0 Å². The van der Waals surface area contributed by atoms with E-state index in [2.05, 4.69) is 114 Å². The van der Waals surface area contributed by atoms with Gasteiger partial charge in [-0.05, 0) is 50.6 Å². The Labute approximate surface area is 297 Å². The highest BCUT2D eigenvalue weighted by Gasteiger charge is 2.46. The van der Waals surface area contributed by atoms with Crippen LogP contribution in [-0.4, -0.2) is 15.0 Å². The molecule has 4 nitrogen and oxygen atoms in total. The number of rotatable bonds is 6. The fourth-order valence-corrected chi connectivity index (χ4v) is 7.54. The van der Waals surface area contributed by atoms with Gasteiger partial charge in [-0.2, -0.15) is 0 Å². The first-order valence-corrected chi connectivity index (χ1v) is 17.0. The van der Waals surface area contributed by atoms with Gasteiger partial charge in [0.15, 0.2) is 23.2 Å². The zero-order valence-electron chi connectivity index (χ0n) is 27.6. The number of hydrogen-bond donors (Lipinski definition) is 0. The fraction of sp³-hybridized carbons (Fsp3) is 0.0213. The van der Waals surface area contributed by atoms with Crippen molar-refractivity contribution in [2.75, 3.05) is 0 Å². The van der Waals surface area contributed by atoms with Crippen LogP contribution in [0.5, 0.6) is 0 Å². The van der Waals surface area contributed by atoms with E-state index < -0.39 is 5.41 Å². The predicted octanol–water partition coefficient (Wildman–Crippen LogP) is 11.5. The van der Waals surface area contributed by atoms with E-state index in [9.17, 15) is 0 Å². The average Bonchev–Trinajstić information content (AvgIpc) is 3.52. The zero-order chi connectivity index (χ0) is 34.2. The molecule has 0 aliphatic heterocycles. The minimum atomic E-state index is -0.587. The first-order valence-electron chi connectivity index (χ1n) is 17.0. The normalized spacial score (nSPS) is 12.5. The van der Waals surface area contributed by atoms with Crippen LogP contribution in [0.25, 0.3) is 61.3 Å². The van der Waals surface area contributed by atoms with Crippen molar-refractivity contribution in [1.29, 1.82) is 0 Å². The molecule has 0 atom stereocenters. The summed E-state index contributed by atoms with van der Waals surface area (Å²) in [5.41, 5.74) is 11.8. The van der Waals surface area contributed by atoms with Gasteiger partial charge in [-0.1, -0.05) is 176 Å². The molecule has 0 fully saturated rings. The Morgan fingerprint density at radius 3 is 1.35 bits per heavy atom. The van der Waals surface area contributed by atoms with Crippen molar-refractivity contribution in [3.8, 4) is 56.4 Å². The third kappa shape index (κ3) is 5.03. The second kappa shape index (κ2) is 12.5. The molecule has 0 radical (unpaired) electrons. The third-order valence-corrected chi connectivity index (χ3v) is 9.85. The standard InChI is InChI=1S/C47H30N4/c1-48-42-24-14-23-40-43(42)39-30-29-36(31-41(39)47(40,37-19-10-4-11-20-37)38-21-12-5-13-22-38)32-25-27-35(28-26-32)46-50-44(33-15-6-2-7-16-33)49-45(51-46)34-17-8-3-9-18-34/h2-31H. The van der Waals surface area contributed by atoms with Crippen LogP contribution in [0.3, 0.4) is 0 Å². The highest BCUT2D eigenvalue weighted by Crippen LogP contribution is 2.59. The molecule has 51 heavy (non-hydrogen) atoms. The summed E-state index contributed by atoms with van der Waals surface area (Å²) in [7, 11) is 0. The summed E-state index contributed by atoms with van der Waals surface area (Å²) in [6.45, 7) is 8.10. The molecule has 0 bridgehead atoms. The summed E-state index contributed by atoms with van der Waals surface area (Å²) in [5, 5.41) is 0. The molecule has 9 rings (SSSR count). The molecule has 8 aromatic rings. The van der Waals surface area contributed by atoms with Gasteiger partial charge in [-0.15, -0.1) is 0 Å². The summed E-state index contributed by atoms with van der Waals surface area (Å²) < 4.78 is 0. The van der Waals surface area contributed by atoms with Crippen LogP contribution >= 0.6 is 0 Å². The Bertz CT molecular complexity index is 2460. The van der Waals surface area contributed by atoms with E-state index in [0.717, 1.165) is 44.5 Å². The van der Waals surface area contributed by atoms with E-state index in [4.69, 9.17) is 21.5 Å². The molecule has 1 heterocycles. The summed E-state index contributed by atoms with van der Waals surface area (Å²) in [6.07, 6.45) is 0. The maximum atomic E-state index is 8.10. The van der Waals surface area contributed by atoms with Gasteiger partial charge >= 0.3 is 0 Å². The van der Waals surface area contributed by atoms with Gasteiger partial charge in [0.05, 0.1) is 12.0 Å². The predicted molar refractivity (Wildman–Crippen MR) is 205 cm³/mol. The largest absolute Gasteiger partial charge is 0.238 e. The van der Waals surface area contributed by atoms with Crippen LogP contribution in [0.4, 0.5) is 5.69 Å². The van der Waals surface area contributed by atoms with Gasteiger partial charge in [0.25, 0.3) is 0 Å². The maximum Gasteiger partial charge on any atom is 0.195 e. The van der Waals surface area contributed by atoms with Gasteiger partial charge in [-0.25, -0.2) is 19.8 Å². The van der Waals surface area contributed by atoms with Crippen molar-refractivity contribution in [3.63, 3.8) is 0 Å². The molecule has 0 spiro atoms. The van der Waals surface area contributed by atoms with Crippen molar-refractivity contribution < 1.29 is 0 Å². The van der Waals surface area contributed by atoms with Crippen molar-refractivity contribution in [1.82, 2.24) is 15.0 Å². The second-order valence-corrected chi connectivity index (χ2v) is 12.7. The molecule has 1 aliphatic carbocycles. The van der Waals surface area contributed by atoms with E-state index in [0.29, 0.717) is 23.2 Å². The van der Waals surface area contributed by atoms with Crippen molar-refractivity contribution in [2.45, 2.75) is 5.41 Å². The molecule has 0 N–H and O–H groups in total. The molecule has 238 valence electrons. The Kier molecular flexibility index (Phi) is 7.38. The molecule has 4 heteroatoms. The Balaban J connectivity index is 1.19. The molecular formula is C47H30N4. The minimum Gasteiger partial charge on any atom is -0.238 e. The number of aromatic nitrogens is 3. The smallest absolute Gasteiger partial charge is 0.195 e. The SMILES string of the molecule is [C-]#[N+]c1cccc2c1-c1ccc(-c3ccc(-c4nc(-c5ccccc5)nc(-c5ccccc5)n4)cc3)cc1C2(c1ccccc1)c1ccccc1. The van der Waals surface area contributed by atoms with Crippen LogP contribution < -0.4 is 0 Å². The Morgan fingerprint density at radius 2 is 0.843 bits per heavy atom. The first-order chi connectivity index (χ1) is 25.2. The van der Waals surface area contributed by atoms with Gasteiger partial charge < -0.3 is 0 Å². The van der Waals surface area contributed by atoms with Crippen LogP contribution in [0.2, 0.25) is 0 Å². The van der Waals surface area contributed by atoms with Crippen molar-refractivity contribution in [2.24, 2.45) is 0 Å². The Morgan fingerprint density at radius 1 is 0.392 bits per heavy atom. The van der Waals surface area contributed by atoms with Gasteiger partial charge in [0.1, 0.15) is 0 Å². The summed E-state index contributed by atoms with van der Waals surface area (Å²) >= 11 is 0. The monoisotopic (exact) mass is 650 g/mol. The molecule has 0 amide bonds. The van der Waals surface area contributed by atoms with E-state index in [-0.39, 0.29) is 0 Å². The quantitative estimate of drug-likeness (QED) is 0.168. The van der Waals surface area contributed by atoms with Gasteiger partial charge in [0, 0.05) is 16.7 Å².